The summed E-state index contributed by atoms with van der Waals surface area (Å²) in [5.41, 5.74) is 2.49. The highest BCUT2D eigenvalue weighted by atomic mass is 16.6. The lowest BCUT2D eigenvalue weighted by atomic mass is 9.74. The Kier molecular flexibility index (Phi) is 3.53. The highest BCUT2D eigenvalue weighted by Crippen LogP contribution is 2.54. The van der Waals surface area contributed by atoms with Crippen LogP contribution in [0.25, 0.3) is 0 Å². The fourth-order valence-electron chi connectivity index (χ4n) is 3.99. The van der Waals surface area contributed by atoms with E-state index >= 15 is 0 Å². The maximum Gasteiger partial charge on any atom is 0.346 e. The van der Waals surface area contributed by atoms with Gasteiger partial charge < -0.3 is 9.84 Å². The number of benzene rings is 1. The Morgan fingerprint density at radius 1 is 1.16 bits per heavy atom. The topological polar surface area (TPSA) is 80.7 Å². The summed E-state index contributed by atoms with van der Waals surface area (Å²) in [6, 6.07) is 3.45. The van der Waals surface area contributed by atoms with E-state index in [1.54, 1.807) is 18.2 Å². The van der Waals surface area contributed by atoms with Crippen LogP contribution in [0.3, 0.4) is 0 Å². The van der Waals surface area contributed by atoms with E-state index in [9.17, 15) is 14.4 Å². The maximum absolute atomic E-state index is 11.9. The van der Waals surface area contributed by atoms with Crippen LogP contribution >= 0.6 is 0 Å². The first-order valence-electron chi connectivity index (χ1n) is 8.04. The molecule has 0 amide bonds. The quantitative estimate of drug-likeness (QED) is 0.394. The number of aliphatic carboxylic acids is 1. The molecule has 1 heterocycles. The molecule has 1 aliphatic heterocycles. The number of hydrogen-bond acceptors (Lipinski definition) is 4. The van der Waals surface area contributed by atoms with Crippen molar-refractivity contribution in [3.8, 4) is 0 Å². The normalized spacial score (nSPS) is 23.9. The van der Waals surface area contributed by atoms with Gasteiger partial charge in [0.25, 0.3) is 0 Å². The maximum atomic E-state index is 11.9. The number of carbonyl (C=O) groups is 3. The zero-order valence-corrected chi connectivity index (χ0v) is 14.7. The highest BCUT2D eigenvalue weighted by Gasteiger charge is 2.48. The molecular weight excluding hydrogens is 320 g/mol. The molecule has 0 radical (unpaired) electrons. The Bertz CT molecular complexity index is 888. The van der Waals surface area contributed by atoms with Crippen LogP contribution in [0, 0.1) is 0 Å². The number of cyclic esters (lactones) is 2. The number of fused-ring (bicyclic) bond motifs is 2. The zero-order chi connectivity index (χ0) is 18.7. The Hall–Kier alpha value is -2.69. The predicted molar refractivity (Wildman–Crippen MR) is 91.7 cm³/mol. The van der Waals surface area contributed by atoms with Crippen LogP contribution in [0.2, 0.25) is 0 Å². The molecule has 0 saturated carbocycles. The molecule has 1 unspecified atom stereocenters. The predicted octanol–water partition coefficient (Wildman–Crippen LogP) is 3.52. The Labute approximate surface area is 146 Å². The van der Waals surface area contributed by atoms with Crippen LogP contribution in [-0.2, 0) is 20.4 Å². The smallest absolute Gasteiger partial charge is 0.346 e. The molecule has 3 rings (SSSR count). The fourth-order valence-corrected chi connectivity index (χ4v) is 3.99. The van der Waals surface area contributed by atoms with Gasteiger partial charge in [0, 0.05) is 11.0 Å². The standard InChI is InChI=1S/C20H20O5/c1-10(16(21)22)6-11(2)20(5)9-19(3,4)14-7-12-13(8-15(14)20)18(24)25-17(12)23/h6-8H,2,9H2,1,3-5H3,(H,21,22)/b10-6+. The molecule has 0 spiro atoms. The number of carboxylic acids is 1. The molecule has 0 saturated heterocycles. The third-order valence-electron chi connectivity index (χ3n) is 5.34. The summed E-state index contributed by atoms with van der Waals surface area (Å²) in [4.78, 5) is 34.9. The second-order valence-corrected chi connectivity index (χ2v) is 7.67. The van der Waals surface area contributed by atoms with Gasteiger partial charge in [0.2, 0.25) is 0 Å². The van der Waals surface area contributed by atoms with Gasteiger partial charge in [-0.3, -0.25) is 0 Å². The zero-order valence-electron chi connectivity index (χ0n) is 14.7. The van der Waals surface area contributed by atoms with Gasteiger partial charge in [-0.2, -0.15) is 0 Å². The monoisotopic (exact) mass is 340 g/mol. The second kappa shape index (κ2) is 5.15. The molecule has 1 aromatic carbocycles. The van der Waals surface area contributed by atoms with Crippen molar-refractivity contribution in [3.05, 3.63) is 58.2 Å². The van der Waals surface area contributed by atoms with Crippen LogP contribution in [-0.4, -0.2) is 23.0 Å². The number of rotatable bonds is 3. The van der Waals surface area contributed by atoms with Crippen molar-refractivity contribution < 1.29 is 24.2 Å². The number of ether oxygens (including phenoxy) is 1. The molecule has 130 valence electrons. The minimum absolute atomic E-state index is 0.202. The van der Waals surface area contributed by atoms with Gasteiger partial charge in [-0.1, -0.05) is 27.4 Å². The van der Waals surface area contributed by atoms with E-state index in [2.05, 4.69) is 20.4 Å². The van der Waals surface area contributed by atoms with Crippen LogP contribution in [0.15, 0.2) is 35.9 Å². The van der Waals surface area contributed by atoms with Crippen molar-refractivity contribution in [1.82, 2.24) is 0 Å². The van der Waals surface area contributed by atoms with E-state index in [0.717, 1.165) is 11.1 Å². The van der Waals surface area contributed by atoms with Gasteiger partial charge in [-0.25, -0.2) is 14.4 Å². The van der Waals surface area contributed by atoms with Gasteiger partial charge >= 0.3 is 17.9 Å². The Morgan fingerprint density at radius 3 is 2.20 bits per heavy atom. The largest absolute Gasteiger partial charge is 0.478 e. The summed E-state index contributed by atoms with van der Waals surface area (Å²) in [6.45, 7) is 11.7. The van der Waals surface area contributed by atoms with E-state index in [4.69, 9.17) is 9.84 Å². The average Bonchev–Trinajstić information content (AvgIpc) is 2.90. The summed E-state index contributed by atoms with van der Waals surface area (Å²) in [5, 5.41) is 9.14. The fraction of sp³-hybridized carbons (Fsp3) is 0.350. The van der Waals surface area contributed by atoms with E-state index in [0.29, 0.717) is 17.6 Å². The van der Waals surface area contributed by atoms with Gasteiger partial charge in [-0.15, -0.1) is 0 Å². The summed E-state index contributed by atoms with van der Waals surface area (Å²) in [6.07, 6.45) is 2.27. The first-order chi connectivity index (χ1) is 11.5. The molecule has 1 aromatic rings. The molecule has 25 heavy (non-hydrogen) atoms. The number of carbonyl (C=O) groups excluding carboxylic acids is 2. The molecule has 0 aromatic heterocycles. The number of hydrogen-bond donors (Lipinski definition) is 1. The van der Waals surface area contributed by atoms with Crippen LogP contribution < -0.4 is 0 Å². The summed E-state index contributed by atoms with van der Waals surface area (Å²) >= 11 is 0. The average molecular weight is 340 g/mol. The van der Waals surface area contributed by atoms with Crippen molar-refractivity contribution >= 4 is 17.9 Å². The summed E-state index contributed by atoms with van der Waals surface area (Å²) < 4.78 is 4.71. The van der Waals surface area contributed by atoms with Gasteiger partial charge in [0.1, 0.15) is 0 Å². The lowest BCUT2D eigenvalue weighted by molar-refractivity contribution is -0.132. The van der Waals surface area contributed by atoms with E-state index in [-0.39, 0.29) is 16.6 Å². The molecule has 1 aliphatic carbocycles. The lowest BCUT2D eigenvalue weighted by Gasteiger charge is -2.29. The molecule has 0 fully saturated rings. The van der Waals surface area contributed by atoms with E-state index in [1.165, 1.54) is 6.92 Å². The highest BCUT2D eigenvalue weighted by molar-refractivity contribution is 6.15. The Balaban J connectivity index is 2.19. The minimum Gasteiger partial charge on any atom is -0.478 e. The summed E-state index contributed by atoms with van der Waals surface area (Å²) in [5.74, 6) is -2.25. The number of allylic oxidation sites excluding steroid dienone is 2. The van der Waals surface area contributed by atoms with Crippen molar-refractivity contribution in [2.45, 2.75) is 44.9 Å². The first-order valence-corrected chi connectivity index (χ1v) is 8.04. The van der Waals surface area contributed by atoms with Crippen molar-refractivity contribution in [2.75, 3.05) is 0 Å². The molecule has 2 aliphatic rings. The first kappa shape index (κ1) is 17.1. The lowest BCUT2D eigenvalue weighted by Crippen LogP contribution is -2.24. The minimum atomic E-state index is -0.995. The van der Waals surface area contributed by atoms with E-state index < -0.39 is 23.3 Å². The summed E-state index contributed by atoms with van der Waals surface area (Å²) in [7, 11) is 0. The Morgan fingerprint density at radius 2 is 1.68 bits per heavy atom. The molecule has 1 atom stereocenters. The van der Waals surface area contributed by atoms with Crippen molar-refractivity contribution in [3.63, 3.8) is 0 Å². The molecule has 5 nitrogen and oxygen atoms in total. The molecule has 0 bridgehead atoms. The second-order valence-electron chi connectivity index (χ2n) is 7.67. The van der Waals surface area contributed by atoms with Gasteiger partial charge in [0.05, 0.1) is 11.1 Å². The molecular formula is C20H20O5. The number of carboxylic acid groups (broad SMARTS) is 1. The third-order valence-corrected chi connectivity index (χ3v) is 5.34. The van der Waals surface area contributed by atoms with Crippen LogP contribution in [0.1, 0.15) is 66.0 Å². The van der Waals surface area contributed by atoms with E-state index in [1.807, 2.05) is 6.92 Å². The van der Waals surface area contributed by atoms with Gasteiger partial charge in [-0.05, 0) is 53.7 Å². The van der Waals surface area contributed by atoms with Crippen LogP contribution in [0.5, 0.6) is 0 Å². The van der Waals surface area contributed by atoms with Gasteiger partial charge in [0.15, 0.2) is 0 Å². The third kappa shape index (κ3) is 2.42. The van der Waals surface area contributed by atoms with Crippen molar-refractivity contribution in [1.29, 1.82) is 0 Å². The SMILES string of the molecule is C=C(/C=C(\C)C(=O)O)C1(C)CC(C)(C)c2cc3c(cc21)C(=O)OC3=O. The number of esters is 2. The molecule has 5 heteroatoms. The van der Waals surface area contributed by atoms with Crippen LogP contribution in [0.4, 0.5) is 0 Å². The van der Waals surface area contributed by atoms with Crippen molar-refractivity contribution in [2.24, 2.45) is 0 Å². The molecule has 1 N–H and O–H groups in total.